The third-order valence-electron chi connectivity index (χ3n) is 4.02. The number of hydrogen-bond donors (Lipinski definition) is 1. The predicted octanol–water partition coefficient (Wildman–Crippen LogP) is 2.11. The molecule has 0 saturated carbocycles. The molecule has 0 atom stereocenters. The van der Waals surface area contributed by atoms with Crippen LogP contribution < -0.4 is 5.32 Å². The molecule has 0 unspecified atom stereocenters. The number of hydrogen-bond acceptors (Lipinski definition) is 3. The minimum absolute atomic E-state index is 0.859. The molecule has 1 aliphatic rings. The van der Waals surface area contributed by atoms with Crippen LogP contribution >= 0.6 is 0 Å². The van der Waals surface area contributed by atoms with Crippen molar-refractivity contribution in [3.63, 3.8) is 0 Å². The first-order chi connectivity index (χ1) is 9.33. The average Bonchev–Trinajstić information content (AvgIpc) is 2.87. The predicted molar refractivity (Wildman–Crippen MR) is 79.1 cm³/mol. The molecule has 0 radical (unpaired) electrons. The Kier molecular flexibility index (Phi) is 5.86. The van der Waals surface area contributed by atoms with Crippen molar-refractivity contribution in [2.24, 2.45) is 5.92 Å². The van der Waals surface area contributed by atoms with E-state index in [1.54, 1.807) is 0 Å². The van der Waals surface area contributed by atoms with Crippen LogP contribution in [0.3, 0.4) is 0 Å². The topological polar surface area (TPSA) is 33.1 Å². The monoisotopic (exact) mass is 264 g/mol. The van der Waals surface area contributed by atoms with Gasteiger partial charge in [-0.1, -0.05) is 6.92 Å². The number of aromatic nitrogens is 2. The molecule has 2 heterocycles. The highest BCUT2D eigenvalue weighted by atomic mass is 15.2. The van der Waals surface area contributed by atoms with Gasteiger partial charge in [-0.3, -0.25) is 4.90 Å². The number of piperidine rings is 1. The van der Waals surface area contributed by atoms with Gasteiger partial charge in [0.05, 0.1) is 6.54 Å². The van der Waals surface area contributed by atoms with E-state index in [-0.39, 0.29) is 0 Å². The number of nitrogens with zero attached hydrogens (tertiary/aromatic N) is 3. The quantitative estimate of drug-likeness (QED) is 0.819. The highest BCUT2D eigenvalue weighted by Gasteiger charge is 2.17. The molecule has 108 valence electrons. The molecule has 1 aromatic rings. The van der Waals surface area contributed by atoms with Crippen molar-refractivity contribution in [1.29, 1.82) is 0 Å². The van der Waals surface area contributed by atoms with Crippen molar-refractivity contribution < 1.29 is 0 Å². The van der Waals surface area contributed by atoms with Crippen LogP contribution in [0.25, 0.3) is 0 Å². The molecule has 0 amide bonds. The molecule has 1 aromatic heterocycles. The summed E-state index contributed by atoms with van der Waals surface area (Å²) in [6.07, 6.45) is 7.88. The van der Waals surface area contributed by atoms with Gasteiger partial charge in [-0.2, -0.15) is 0 Å². The lowest BCUT2D eigenvalue weighted by Gasteiger charge is -2.29. The summed E-state index contributed by atoms with van der Waals surface area (Å²) in [5.41, 5.74) is 0. The minimum Gasteiger partial charge on any atom is -0.334 e. The summed E-state index contributed by atoms with van der Waals surface area (Å²) < 4.78 is 2.26. The van der Waals surface area contributed by atoms with E-state index in [9.17, 15) is 0 Å². The zero-order valence-electron chi connectivity index (χ0n) is 12.4. The third kappa shape index (κ3) is 4.32. The Bertz CT molecular complexity index is 355. The second-order valence-corrected chi connectivity index (χ2v) is 5.56. The van der Waals surface area contributed by atoms with Gasteiger partial charge in [-0.05, 0) is 51.7 Å². The Morgan fingerprint density at radius 3 is 2.84 bits per heavy atom. The highest BCUT2D eigenvalue weighted by Crippen LogP contribution is 2.15. The van der Waals surface area contributed by atoms with Crippen LogP contribution in [-0.4, -0.2) is 40.6 Å². The molecule has 0 spiro atoms. The third-order valence-corrected chi connectivity index (χ3v) is 4.02. The summed E-state index contributed by atoms with van der Waals surface area (Å²) in [6.45, 7) is 11.3. The average molecular weight is 264 g/mol. The summed E-state index contributed by atoms with van der Waals surface area (Å²) in [6, 6.07) is 0. The van der Waals surface area contributed by atoms with Crippen molar-refractivity contribution in [3.8, 4) is 0 Å². The van der Waals surface area contributed by atoms with Gasteiger partial charge in [-0.15, -0.1) is 0 Å². The highest BCUT2D eigenvalue weighted by molar-refractivity contribution is 4.92. The minimum atomic E-state index is 0.859. The van der Waals surface area contributed by atoms with Crippen LogP contribution in [0.4, 0.5) is 0 Å². The van der Waals surface area contributed by atoms with Crippen molar-refractivity contribution in [3.05, 3.63) is 18.2 Å². The molecule has 4 nitrogen and oxygen atoms in total. The molecular weight excluding hydrogens is 236 g/mol. The largest absolute Gasteiger partial charge is 0.334 e. The number of aryl methyl sites for hydroxylation is 1. The molecule has 1 aliphatic heterocycles. The van der Waals surface area contributed by atoms with Crippen LogP contribution in [0.5, 0.6) is 0 Å². The standard InChI is InChI=1S/C15H28N4/c1-3-10-18(12-14-5-7-16-8-6-14)13-15-17-9-11-19(15)4-2/h9,11,14,16H,3-8,10,12-13H2,1-2H3. The number of nitrogens with one attached hydrogen (secondary N) is 1. The maximum atomic E-state index is 4.51. The van der Waals surface area contributed by atoms with Gasteiger partial charge in [0.2, 0.25) is 0 Å². The lowest BCUT2D eigenvalue weighted by atomic mass is 9.97. The van der Waals surface area contributed by atoms with Gasteiger partial charge in [0, 0.05) is 25.5 Å². The van der Waals surface area contributed by atoms with Crippen molar-refractivity contribution in [1.82, 2.24) is 19.8 Å². The molecule has 0 bridgehead atoms. The van der Waals surface area contributed by atoms with Gasteiger partial charge in [-0.25, -0.2) is 4.98 Å². The molecular formula is C15H28N4. The summed E-state index contributed by atoms with van der Waals surface area (Å²) in [5, 5.41) is 3.45. The lowest BCUT2D eigenvalue weighted by Crippen LogP contribution is -2.36. The Balaban J connectivity index is 1.91. The van der Waals surface area contributed by atoms with Gasteiger partial charge >= 0.3 is 0 Å². The molecule has 0 aliphatic carbocycles. The second kappa shape index (κ2) is 7.65. The normalized spacial score (nSPS) is 17.2. The number of rotatable bonds is 7. The van der Waals surface area contributed by atoms with E-state index in [1.807, 2.05) is 6.20 Å². The van der Waals surface area contributed by atoms with Gasteiger partial charge in [0.1, 0.15) is 5.82 Å². The zero-order valence-corrected chi connectivity index (χ0v) is 12.4. The Morgan fingerprint density at radius 1 is 1.37 bits per heavy atom. The summed E-state index contributed by atoms with van der Waals surface area (Å²) in [5.74, 6) is 2.07. The summed E-state index contributed by atoms with van der Waals surface area (Å²) in [4.78, 5) is 7.10. The van der Waals surface area contributed by atoms with Gasteiger partial charge in [0.15, 0.2) is 0 Å². The van der Waals surface area contributed by atoms with E-state index in [1.165, 1.54) is 51.3 Å². The Labute approximate surface area is 117 Å². The first-order valence-corrected chi connectivity index (χ1v) is 7.76. The van der Waals surface area contributed by atoms with E-state index < -0.39 is 0 Å². The molecule has 1 saturated heterocycles. The SMILES string of the molecule is CCCN(Cc1nccn1CC)CC1CCNCC1. The fourth-order valence-corrected chi connectivity index (χ4v) is 2.96. The molecule has 2 rings (SSSR count). The maximum absolute atomic E-state index is 4.51. The van der Waals surface area contributed by atoms with Crippen LogP contribution in [0.2, 0.25) is 0 Å². The maximum Gasteiger partial charge on any atom is 0.122 e. The Morgan fingerprint density at radius 2 is 2.16 bits per heavy atom. The van der Waals surface area contributed by atoms with E-state index >= 15 is 0 Å². The van der Waals surface area contributed by atoms with Crippen molar-refractivity contribution in [2.45, 2.75) is 46.2 Å². The van der Waals surface area contributed by atoms with Crippen LogP contribution in [-0.2, 0) is 13.1 Å². The first kappa shape index (κ1) is 14.5. The summed E-state index contributed by atoms with van der Waals surface area (Å²) >= 11 is 0. The number of imidazole rings is 1. The molecule has 1 N–H and O–H groups in total. The lowest BCUT2D eigenvalue weighted by molar-refractivity contribution is 0.193. The van der Waals surface area contributed by atoms with Crippen molar-refractivity contribution in [2.75, 3.05) is 26.2 Å². The van der Waals surface area contributed by atoms with E-state index in [0.29, 0.717) is 0 Å². The van der Waals surface area contributed by atoms with E-state index in [2.05, 4.69) is 39.8 Å². The molecule has 1 fully saturated rings. The van der Waals surface area contributed by atoms with E-state index in [4.69, 9.17) is 0 Å². The molecule has 4 heteroatoms. The fraction of sp³-hybridized carbons (Fsp3) is 0.800. The molecule has 0 aromatic carbocycles. The van der Waals surface area contributed by atoms with Gasteiger partial charge in [0.25, 0.3) is 0 Å². The smallest absolute Gasteiger partial charge is 0.122 e. The Hall–Kier alpha value is -0.870. The molecule has 19 heavy (non-hydrogen) atoms. The zero-order chi connectivity index (χ0) is 13.5. The fourth-order valence-electron chi connectivity index (χ4n) is 2.96. The van der Waals surface area contributed by atoms with Crippen molar-refractivity contribution >= 4 is 0 Å². The second-order valence-electron chi connectivity index (χ2n) is 5.56. The van der Waals surface area contributed by atoms with Crippen LogP contribution in [0.1, 0.15) is 38.9 Å². The summed E-state index contributed by atoms with van der Waals surface area (Å²) in [7, 11) is 0. The van der Waals surface area contributed by atoms with Gasteiger partial charge < -0.3 is 9.88 Å². The van der Waals surface area contributed by atoms with Crippen LogP contribution in [0, 0.1) is 5.92 Å². The van der Waals surface area contributed by atoms with Crippen LogP contribution in [0.15, 0.2) is 12.4 Å². The van der Waals surface area contributed by atoms with E-state index in [0.717, 1.165) is 19.0 Å². The first-order valence-electron chi connectivity index (χ1n) is 7.76.